The minimum absolute atomic E-state index is 0. The summed E-state index contributed by atoms with van der Waals surface area (Å²) in [6.07, 6.45) is 5.58. The monoisotopic (exact) mass is 773 g/mol. The molecule has 4 aromatic heterocycles. The fraction of sp³-hybridized carbons (Fsp3) is 0.0244. The molecule has 0 bridgehead atoms. The Morgan fingerprint density at radius 2 is 1.37 bits per heavy atom. The maximum atomic E-state index is 6.00. The van der Waals surface area contributed by atoms with Crippen LogP contribution in [0.15, 0.2) is 156 Å². The molecule has 8 aromatic rings. The molecule has 0 amide bonds. The molecule has 4 nitrogen and oxygen atoms in total. The third-order valence-corrected chi connectivity index (χ3v) is 7.08. The normalized spacial score (nSPS) is 10.2. The molecule has 1 radical (unpaired) electrons. The maximum Gasteiger partial charge on any atom is 0.120 e. The van der Waals surface area contributed by atoms with Crippen molar-refractivity contribution in [2.24, 2.45) is 0 Å². The molecule has 8 rings (SSSR count). The summed E-state index contributed by atoms with van der Waals surface area (Å²) in [7, 11) is 3.89. The first-order valence-corrected chi connectivity index (χ1v) is 14.6. The van der Waals surface area contributed by atoms with Gasteiger partial charge in [0, 0.05) is 44.9 Å². The van der Waals surface area contributed by atoms with Gasteiger partial charge in [0.2, 0.25) is 0 Å². The second-order valence-corrected chi connectivity index (χ2v) is 10.2. The van der Waals surface area contributed by atoms with Gasteiger partial charge in [0.25, 0.3) is 0 Å². The van der Waals surface area contributed by atoms with Crippen molar-refractivity contribution in [2.75, 3.05) is 0 Å². The number of nitrogens with zero attached hydrogens (tertiary/aromatic N) is 3. The van der Waals surface area contributed by atoms with Crippen molar-refractivity contribution in [3.05, 3.63) is 183 Å². The van der Waals surface area contributed by atoms with E-state index in [1.54, 1.807) is 6.20 Å². The van der Waals surface area contributed by atoms with Gasteiger partial charge in [0.05, 0.1) is 11.8 Å². The molecule has 0 N–H and O–H groups in total. The van der Waals surface area contributed by atoms with E-state index in [-0.39, 0.29) is 20.1 Å². The van der Waals surface area contributed by atoms with Gasteiger partial charge in [-0.2, -0.15) is 0 Å². The quantitative estimate of drug-likeness (QED) is 0.133. The number of hydrogen-bond acceptors (Lipinski definition) is 3. The van der Waals surface area contributed by atoms with E-state index in [0.29, 0.717) is 0 Å². The van der Waals surface area contributed by atoms with Crippen LogP contribution in [0.1, 0.15) is 5.56 Å². The second kappa shape index (κ2) is 15.6. The molecule has 0 saturated carbocycles. The van der Waals surface area contributed by atoms with E-state index in [4.69, 9.17) is 4.42 Å². The Labute approximate surface area is 283 Å². The number of para-hydroxylation sites is 1. The van der Waals surface area contributed by atoms with Crippen LogP contribution < -0.4 is 4.57 Å². The van der Waals surface area contributed by atoms with Crippen LogP contribution in [0.2, 0.25) is 0 Å². The molecule has 0 aliphatic heterocycles. The first-order valence-electron chi connectivity index (χ1n) is 14.6. The van der Waals surface area contributed by atoms with Crippen LogP contribution in [0.25, 0.3) is 55.7 Å². The number of pyridine rings is 3. The van der Waals surface area contributed by atoms with Gasteiger partial charge in [-0.15, -0.1) is 84.4 Å². The summed E-state index contributed by atoms with van der Waals surface area (Å²) < 4.78 is 7.84. The number of hydrogen-bond donors (Lipinski definition) is 0. The number of aromatic nitrogens is 3. The molecule has 0 atom stereocenters. The van der Waals surface area contributed by atoms with Crippen molar-refractivity contribution in [2.45, 2.75) is 6.92 Å². The van der Waals surface area contributed by atoms with Crippen LogP contribution in [0.5, 0.6) is 0 Å². The first kappa shape index (κ1) is 32.1. The van der Waals surface area contributed by atoms with E-state index >= 15 is 0 Å². The topological polar surface area (TPSA) is 42.8 Å². The Morgan fingerprint density at radius 1 is 0.630 bits per heavy atom. The van der Waals surface area contributed by atoms with Crippen LogP contribution in [0, 0.1) is 32.2 Å². The second-order valence-electron chi connectivity index (χ2n) is 10.2. The van der Waals surface area contributed by atoms with Crippen LogP contribution in [0.4, 0.5) is 0 Å². The predicted octanol–water partition coefficient (Wildman–Crippen LogP) is 9.38. The number of benzene rings is 4. The van der Waals surface area contributed by atoms with E-state index in [1.165, 1.54) is 0 Å². The molecule has 5 heteroatoms. The Hall–Kier alpha value is -5.35. The molecule has 0 aliphatic rings. The van der Waals surface area contributed by atoms with Gasteiger partial charge in [-0.1, -0.05) is 71.1 Å². The third kappa shape index (κ3) is 7.65. The average molecular weight is 773 g/mol. The van der Waals surface area contributed by atoms with Crippen LogP contribution in [0.3, 0.4) is 0 Å². The van der Waals surface area contributed by atoms with Gasteiger partial charge in [-0.25, -0.2) is 0 Å². The zero-order valence-electron chi connectivity index (χ0n) is 25.2. The summed E-state index contributed by atoms with van der Waals surface area (Å²) in [4.78, 5) is 8.70. The molecule has 0 saturated heterocycles. The standard InChI is InChI=1S/C18H12NO.C12H10N.C11H8N.Ir/c1-12-9-10-16(19-11-12)15-7-4-6-14-13-5-2-3-8-17(13)20-18(14)15;1-13-10-6-5-9-12(13)11-7-3-2-4-8-11;1-2-6-10(7-3-1)11-8-4-5-9-12-11;/h2-6,8-11H,1H3;2-7,9-10H,1H2;1-6,8-9H;/q3*-1;. The molecule has 46 heavy (non-hydrogen) atoms. The summed E-state index contributed by atoms with van der Waals surface area (Å²) in [5, 5.41) is 2.24. The average Bonchev–Trinajstić information content (AvgIpc) is 3.50. The van der Waals surface area contributed by atoms with Crippen molar-refractivity contribution in [1.29, 1.82) is 0 Å². The van der Waals surface area contributed by atoms with Crippen molar-refractivity contribution < 1.29 is 29.1 Å². The van der Waals surface area contributed by atoms with Gasteiger partial charge in [0.15, 0.2) is 0 Å². The minimum Gasteiger partial charge on any atom is -0.501 e. The summed E-state index contributed by atoms with van der Waals surface area (Å²) in [5.41, 5.74) is 8.85. The van der Waals surface area contributed by atoms with Crippen molar-refractivity contribution >= 4 is 21.9 Å². The van der Waals surface area contributed by atoms with Crippen molar-refractivity contribution in [1.82, 2.24) is 9.97 Å². The van der Waals surface area contributed by atoms with Gasteiger partial charge >= 0.3 is 0 Å². The SMILES string of the molecule is Cc1ccc(-c2[c-]ccc3c2oc2ccccc23)nc1.[CH2-][n+]1ccccc1-c1[c-]cccc1.[Ir].[c-]1ccccc1-c1ccccn1. The van der Waals surface area contributed by atoms with Gasteiger partial charge in [0.1, 0.15) is 11.3 Å². The minimum atomic E-state index is 0. The van der Waals surface area contributed by atoms with Crippen LogP contribution in [-0.4, -0.2) is 9.97 Å². The molecule has 0 aliphatic carbocycles. The van der Waals surface area contributed by atoms with Gasteiger partial charge in [-0.05, 0) is 42.1 Å². The van der Waals surface area contributed by atoms with E-state index in [2.05, 4.69) is 47.3 Å². The molecule has 0 spiro atoms. The van der Waals surface area contributed by atoms with Gasteiger partial charge in [-0.3, -0.25) is 0 Å². The number of fused-ring (bicyclic) bond motifs is 3. The number of furan rings is 1. The van der Waals surface area contributed by atoms with E-state index in [0.717, 1.165) is 61.3 Å². The molecular formula is C41H30IrN3O-3. The van der Waals surface area contributed by atoms with E-state index in [9.17, 15) is 0 Å². The molecule has 4 heterocycles. The first-order chi connectivity index (χ1) is 22.2. The zero-order valence-corrected chi connectivity index (χ0v) is 27.6. The summed E-state index contributed by atoms with van der Waals surface area (Å²) in [6, 6.07) is 53.2. The summed E-state index contributed by atoms with van der Waals surface area (Å²) in [6.45, 7) is 2.03. The zero-order chi connectivity index (χ0) is 30.8. The van der Waals surface area contributed by atoms with Crippen molar-refractivity contribution in [3.8, 4) is 33.8 Å². The predicted molar refractivity (Wildman–Crippen MR) is 181 cm³/mol. The largest absolute Gasteiger partial charge is 0.501 e. The van der Waals surface area contributed by atoms with Crippen LogP contribution in [-0.2, 0) is 20.1 Å². The van der Waals surface area contributed by atoms with E-state index < -0.39 is 0 Å². The molecular weight excluding hydrogens is 743 g/mol. The molecule has 0 unspecified atom stereocenters. The third-order valence-electron chi connectivity index (χ3n) is 7.08. The molecule has 0 fully saturated rings. The fourth-order valence-electron chi connectivity index (χ4n) is 4.84. The maximum absolute atomic E-state index is 6.00. The van der Waals surface area contributed by atoms with Crippen LogP contribution >= 0.6 is 0 Å². The molecule has 227 valence electrons. The fourth-order valence-corrected chi connectivity index (χ4v) is 4.84. The Bertz CT molecular complexity index is 2070. The van der Waals surface area contributed by atoms with Crippen molar-refractivity contribution in [3.63, 3.8) is 0 Å². The van der Waals surface area contributed by atoms with E-state index in [1.807, 2.05) is 145 Å². The Balaban J connectivity index is 0.000000141. The Kier molecular flexibility index (Phi) is 10.9. The number of aryl methyl sites for hydroxylation is 1. The summed E-state index contributed by atoms with van der Waals surface area (Å²) in [5.74, 6) is 0. The molecule has 4 aromatic carbocycles. The van der Waals surface area contributed by atoms with Gasteiger partial charge < -0.3 is 19.0 Å². The number of rotatable bonds is 3. The smallest absolute Gasteiger partial charge is 0.120 e. The Morgan fingerprint density at radius 3 is 2.07 bits per heavy atom. The summed E-state index contributed by atoms with van der Waals surface area (Å²) >= 11 is 0.